The number of anilines is 1. The Labute approximate surface area is 95.4 Å². The number of hydrogen-bond donors (Lipinski definition) is 1. The van der Waals surface area contributed by atoms with Crippen molar-refractivity contribution >= 4 is 5.95 Å². The number of nitrogens with zero attached hydrogens (tertiary/aromatic N) is 2. The van der Waals surface area contributed by atoms with Gasteiger partial charge in [-0.1, -0.05) is 0 Å². The lowest BCUT2D eigenvalue weighted by molar-refractivity contribution is -0.00615. The molecule has 1 aromatic heterocycles. The molecular formula is C12H17N3O. The number of rotatable bonds is 2. The van der Waals surface area contributed by atoms with E-state index in [9.17, 15) is 0 Å². The molecule has 0 saturated heterocycles. The van der Waals surface area contributed by atoms with Gasteiger partial charge in [-0.3, -0.25) is 0 Å². The molecule has 0 amide bonds. The normalized spacial score (nSPS) is 28.6. The summed E-state index contributed by atoms with van der Waals surface area (Å²) in [7, 11) is 0. The molecule has 1 fully saturated rings. The maximum atomic E-state index is 5.75. The zero-order valence-electron chi connectivity index (χ0n) is 9.73. The number of hydrogen-bond acceptors (Lipinski definition) is 4. The first-order chi connectivity index (χ1) is 7.72. The molecule has 3 rings (SSSR count). The van der Waals surface area contributed by atoms with E-state index in [1.54, 1.807) is 0 Å². The summed E-state index contributed by atoms with van der Waals surface area (Å²) in [5.41, 5.74) is 2.28. The van der Waals surface area contributed by atoms with Crippen LogP contribution in [0.5, 0.6) is 0 Å². The molecule has 0 radical (unpaired) electrons. The van der Waals surface area contributed by atoms with Crippen molar-refractivity contribution in [2.24, 2.45) is 0 Å². The maximum absolute atomic E-state index is 5.75. The summed E-state index contributed by atoms with van der Waals surface area (Å²) in [5, 5.41) is 3.33. The SMILES string of the molecule is CC1Cc2nc(NC3CC3)ncc2C(C)O1. The lowest BCUT2D eigenvalue weighted by Crippen LogP contribution is -2.24. The average Bonchev–Trinajstić information content (AvgIpc) is 3.00. The number of ether oxygens (including phenoxy) is 1. The fraction of sp³-hybridized carbons (Fsp3) is 0.667. The van der Waals surface area contributed by atoms with Crippen molar-refractivity contribution in [1.82, 2.24) is 9.97 Å². The van der Waals surface area contributed by atoms with Crippen molar-refractivity contribution < 1.29 is 4.74 Å². The summed E-state index contributed by atoms with van der Waals surface area (Å²) in [4.78, 5) is 8.94. The molecule has 0 bridgehead atoms. The second-order valence-corrected chi connectivity index (χ2v) is 4.81. The summed E-state index contributed by atoms with van der Waals surface area (Å²) < 4.78 is 5.75. The van der Waals surface area contributed by atoms with Gasteiger partial charge in [0.1, 0.15) is 0 Å². The minimum absolute atomic E-state index is 0.119. The van der Waals surface area contributed by atoms with Gasteiger partial charge in [-0.05, 0) is 26.7 Å². The fourth-order valence-corrected chi connectivity index (χ4v) is 2.15. The molecule has 2 unspecified atom stereocenters. The zero-order valence-corrected chi connectivity index (χ0v) is 9.73. The third-order valence-electron chi connectivity index (χ3n) is 3.17. The quantitative estimate of drug-likeness (QED) is 0.827. The molecule has 4 nitrogen and oxygen atoms in total. The van der Waals surface area contributed by atoms with Gasteiger partial charge in [0.25, 0.3) is 0 Å². The fourth-order valence-electron chi connectivity index (χ4n) is 2.15. The first-order valence-electron chi connectivity index (χ1n) is 6.00. The second kappa shape index (κ2) is 3.70. The number of fused-ring (bicyclic) bond motifs is 1. The average molecular weight is 219 g/mol. The van der Waals surface area contributed by atoms with Crippen LogP contribution in [0.15, 0.2) is 6.20 Å². The van der Waals surface area contributed by atoms with E-state index >= 15 is 0 Å². The summed E-state index contributed by atoms with van der Waals surface area (Å²) >= 11 is 0. The molecule has 1 aliphatic carbocycles. The van der Waals surface area contributed by atoms with Crippen molar-refractivity contribution in [2.45, 2.75) is 51.4 Å². The third kappa shape index (κ3) is 1.89. The Morgan fingerprint density at radius 1 is 1.38 bits per heavy atom. The van der Waals surface area contributed by atoms with Crippen molar-refractivity contribution in [3.63, 3.8) is 0 Å². The minimum atomic E-state index is 0.119. The van der Waals surface area contributed by atoms with Crippen LogP contribution in [0.2, 0.25) is 0 Å². The van der Waals surface area contributed by atoms with Crippen LogP contribution in [0.3, 0.4) is 0 Å². The molecule has 1 N–H and O–H groups in total. The summed E-state index contributed by atoms with van der Waals surface area (Å²) in [5.74, 6) is 0.780. The highest BCUT2D eigenvalue weighted by molar-refractivity contribution is 5.34. The van der Waals surface area contributed by atoms with Gasteiger partial charge in [0.05, 0.1) is 17.9 Å². The lowest BCUT2D eigenvalue weighted by Gasteiger charge is -2.27. The molecule has 4 heteroatoms. The highest BCUT2D eigenvalue weighted by Gasteiger charge is 2.26. The van der Waals surface area contributed by atoms with E-state index < -0.39 is 0 Å². The van der Waals surface area contributed by atoms with Gasteiger partial charge in [-0.25, -0.2) is 9.97 Å². The monoisotopic (exact) mass is 219 g/mol. The van der Waals surface area contributed by atoms with Crippen LogP contribution in [-0.4, -0.2) is 22.1 Å². The molecular weight excluding hydrogens is 202 g/mol. The molecule has 0 aromatic carbocycles. The van der Waals surface area contributed by atoms with Crippen LogP contribution in [0.4, 0.5) is 5.95 Å². The Morgan fingerprint density at radius 3 is 2.94 bits per heavy atom. The van der Waals surface area contributed by atoms with Crippen molar-refractivity contribution in [1.29, 1.82) is 0 Å². The van der Waals surface area contributed by atoms with Crippen molar-refractivity contribution in [3.05, 3.63) is 17.5 Å². The van der Waals surface area contributed by atoms with E-state index in [-0.39, 0.29) is 12.2 Å². The molecule has 2 atom stereocenters. The first-order valence-corrected chi connectivity index (χ1v) is 6.00. The molecule has 1 aliphatic heterocycles. The predicted molar refractivity (Wildman–Crippen MR) is 61.3 cm³/mol. The van der Waals surface area contributed by atoms with E-state index in [4.69, 9.17) is 4.74 Å². The predicted octanol–water partition coefficient (Wildman–Crippen LogP) is 2.07. The van der Waals surface area contributed by atoms with E-state index in [0.717, 1.165) is 23.6 Å². The number of nitrogens with one attached hydrogen (secondary N) is 1. The van der Waals surface area contributed by atoms with Gasteiger partial charge in [0.2, 0.25) is 5.95 Å². The molecule has 16 heavy (non-hydrogen) atoms. The highest BCUT2D eigenvalue weighted by atomic mass is 16.5. The highest BCUT2D eigenvalue weighted by Crippen LogP contribution is 2.29. The minimum Gasteiger partial charge on any atom is -0.370 e. The molecule has 2 heterocycles. The van der Waals surface area contributed by atoms with E-state index in [2.05, 4.69) is 29.1 Å². The Bertz CT molecular complexity index is 403. The topological polar surface area (TPSA) is 47.0 Å². The van der Waals surface area contributed by atoms with Crippen LogP contribution in [-0.2, 0) is 11.2 Å². The van der Waals surface area contributed by atoms with Gasteiger partial charge in [-0.2, -0.15) is 0 Å². The number of aromatic nitrogens is 2. The standard InChI is InChI=1S/C12H17N3O/c1-7-5-11-10(8(2)16-7)6-13-12(15-11)14-9-3-4-9/h6-9H,3-5H2,1-2H3,(H,13,14,15). The van der Waals surface area contributed by atoms with Crippen LogP contribution < -0.4 is 5.32 Å². The van der Waals surface area contributed by atoms with E-state index in [0.29, 0.717) is 6.04 Å². The van der Waals surface area contributed by atoms with Gasteiger partial charge >= 0.3 is 0 Å². The second-order valence-electron chi connectivity index (χ2n) is 4.81. The van der Waals surface area contributed by atoms with E-state index in [1.807, 2.05) is 6.20 Å². The van der Waals surface area contributed by atoms with Crippen LogP contribution in [0, 0.1) is 0 Å². The lowest BCUT2D eigenvalue weighted by atomic mass is 10.0. The Hall–Kier alpha value is -1.16. The van der Waals surface area contributed by atoms with Gasteiger partial charge in [-0.15, -0.1) is 0 Å². The maximum Gasteiger partial charge on any atom is 0.223 e. The Morgan fingerprint density at radius 2 is 2.19 bits per heavy atom. The smallest absolute Gasteiger partial charge is 0.223 e. The molecule has 2 aliphatic rings. The summed E-state index contributed by atoms with van der Waals surface area (Å²) in [6.45, 7) is 4.15. The van der Waals surface area contributed by atoms with Crippen molar-refractivity contribution in [3.8, 4) is 0 Å². The van der Waals surface area contributed by atoms with E-state index in [1.165, 1.54) is 12.8 Å². The Kier molecular flexibility index (Phi) is 2.32. The zero-order chi connectivity index (χ0) is 11.1. The molecule has 86 valence electrons. The third-order valence-corrected chi connectivity index (χ3v) is 3.17. The molecule has 0 spiro atoms. The summed E-state index contributed by atoms with van der Waals surface area (Å²) in [6.07, 6.45) is 5.66. The first kappa shape index (κ1) is 10.0. The van der Waals surface area contributed by atoms with Crippen molar-refractivity contribution in [2.75, 3.05) is 5.32 Å². The van der Waals surface area contributed by atoms with Gasteiger partial charge in [0, 0.05) is 24.2 Å². The van der Waals surface area contributed by atoms with Crippen LogP contribution in [0.25, 0.3) is 0 Å². The molecule has 1 saturated carbocycles. The van der Waals surface area contributed by atoms with Gasteiger partial charge < -0.3 is 10.1 Å². The Balaban J connectivity index is 1.87. The van der Waals surface area contributed by atoms with Gasteiger partial charge in [0.15, 0.2) is 0 Å². The molecule has 1 aromatic rings. The largest absolute Gasteiger partial charge is 0.370 e. The summed E-state index contributed by atoms with van der Waals surface area (Å²) in [6, 6.07) is 0.604. The van der Waals surface area contributed by atoms with Crippen LogP contribution >= 0.6 is 0 Å². The van der Waals surface area contributed by atoms with Crippen LogP contribution in [0.1, 0.15) is 44.1 Å².